The lowest BCUT2D eigenvalue weighted by atomic mass is 10.2. The fourth-order valence-corrected chi connectivity index (χ4v) is 2.33. The summed E-state index contributed by atoms with van der Waals surface area (Å²) in [5, 5.41) is 0. The highest BCUT2D eigenvalue weighted by molar-refractivity contribution is 6.59. The number of hydrogen-bond donors (Lipinski definition) is 0. The molecule has 0 aromatic carbocycles. The van der Waals surface area contributed by atoms with Crippen molar-refractivity contribution in [3.05, 3.63) is 0 Å². The molecule has 1 aliphatic heterocycles. The van der Waals surface area contributed by atoms with E-state index >= 15 is 0 Å². The summed E-state index contributed by atoms with van der Waals surface area (Å²) in [7, 11) is 0. The van der Waals surface area contributed by atoms with Gasteiger partial charge in [-0.25, -0.2) is 4.79 Å². The van der Waals surface area contributed by atoms with Crippen molar-refractivity contribution in [3.8, 4) is 0 Å². The number of likely N-dealkylation sites (tertiary alicyclic amines) is 1. The standard InChI is InChI=1S/C10H16NO3.Al.2H/c1-10(2,3)14-9(13)11-6-4-5-8(11)7-12;;;/h8H,4-6H2,1-3H3;;;/t8-;;;/m1.../s1. The number of amides is 1. The van der Waals surface area contributed by atoms with Crippen LogP contribution in [-0.2, 0) is 9.53 Å². The van der Waals surface area contributed by atoms with E-state index in [9.17, 15) is 9.59 Å². The van der Waals surface area contributed by atoms with Crippen LogP contribution < -0.4 is 0 Å². The smallest absolute Gasteiger partial charge is 0.410 e. The summed E-state index contributed by atoms with van der Waals surface area (Å²) in [4.78, 5) is 24.7. The molecule has 1 aliphatic rings. The fraction of sp³-hybridized carbons (Fsp3) is 0.800. The van der Waals surface area contributed by atoms with E-state index in [4.69, 9.17) is 4.74 Å². The van der Waals surface area contributed by atoms with Gasteiger partial charge in [-0.3, -0.25) is 4.90 Å². The van der Waals surface area contributed by atoms with E-state index in [1.807, 2.05) is 20.8 Å². The zero-order chi connectivity index (χ0) is 11.6. The largest absolute Gasteiger partial charge is 0.444 e. The van der Waals surface area contributed by atoms with Gasteiger partial charge in [0.2, 0.25) is 0 Å². The number of nitrogens with zero attached hydrogens (tertiary/aromatic N) is 1. The first-order chi connectivity index (χ1) is 6.81. The SMILES string of the molecule is CC(C)(C)OC(=O)N1CCC[C@@H]1[C](=O)[AlH2]. The van der Waals surface area contributed by atoms with Gasteiger partial charge in [0.25, 0.3) is 0 Å². The fourth-order valence-electron chi connectivity index (χ4n) is 1.73. The second-order valence-electron chi connectivity index (χ2n) is 4.94. The summed E-state index contributed by atoms with van der Waals surface area (Å²) in [6, 6.07) is -0.216. The van der Waals surface area contributed by atoms with Gasteiger partial charge in [0.1, 0.15) is 5.60 Å². The maximum absolute atomic E-state index is 11.7. The van der Waals surface area contributed by atoms with Gasteiger partial charge < -0.3 is 9.53 Å². The van der Waals surface area contributed by atoms with Crippen molar-refractivity contribution in [1.29, 1.82) is 0 Å². The van der Waals surface area contributed by atoms with Crippen LogP contribution in [0.4, 0.5) is 4.79 Å². The average molecular weight is 227 g/mol. The van der Waals surface area contributed by atoms with E-state index in [1.54, 1.807) is 4.90 Å². The highest BCUT2D eigenvalue weighted by Gasteiger charge is 2.33. The summed E-state index contributed by atoms with van der Waals surface area (Å²) in [5.74, 6) is 0. The molecule has 5 heteroatoms. The van der Waals surface area contributed by atoms with Gasteiger partial charge in [-0.1, -0.05) is 0 Å². The van der Waals surface area contributed by atoms with E-state index in [1.165, 1.54) is 0 Å². The minimum absolute atomic E-state index is 0.179. The van der Waals surface area contributed by atoms with Crippen molar-refractivity contribution in [3.63, 3.8) is 0 Å². The molecule has 15 heavy (non-hydrogen) atoms. The third-order valence-electron chi connectivity index (χ3n) is 2.35. The first-order valence-electron chi connectivity index (χ1n) is 5.31. The monoisotopic (exact) mass is 227 g/mol. The lowest BCUT2D eigenvalue weighted by Crippen LogP contribution is -2.43. The molecule has 0 aliphatic carbocycles. The van der Waals surface area contributed by atoms with Crippen LogP contribution in [-0.4, -0.2) is 50.1 Å². The Morgan fingerprint density at radius 2 is 2.00 bits per heavy atom. The summed E-state index contributed by atoms with van der Waals surface area (Å²) in [6.07, 6.45) is 1.34. The second-order valence-corrected chi connectivity index (χ2v) is 5.93. The van der Waals surface area contributed by atoms with E-state index in [2.05, 4.69) is 0 Å². The molecule has 0 radical (unpaired) electrons. The third-order valence-corrected chi connectivity index (χ3v) is 3.02. The van der Waals surface area contributed by atoms with E-state index in [0.717, 1.165) is 12.8 Å². The minimum atomic E-state index is -0.488. The summed E-state index contributed by atoms with van der Waals surface area (Å²) in [5.41, 5.74) is -0.488. The van der Waals surface area contributed by atoms with E-state index in [0.29, 0.717) is 22.8 Å². The quantitative estimate of drug-likeness (QED) is 0.614. The number of hydrogen-bond acceptors (Lipinski definition) is 3. The van der Waals surface area contributed by atoms with Crippen LogP contribution in [0.25, 0.3) is 0 Å². The average Bonchev–Trinajstić information content (AvgIpc) is 2.47. The Bertz CT molecular complexity index is 272. The Labute approximate surface area is 98.4 Å². The Balaban J connectivity index is 2.63. The molecule has 0 spiro atoms. The molecular weight excluding hydrogens is 209 g/mol. The van der Waals surface area contributed by atoms with Crippen LogP contribution in [0.2, 0.25) is 0 Å². The van der Waals surface area contributed by atoms with Gasteiger partial charge >= 0.3 is 22.4 Å². The van der Waals surface area contributed by atoms with Gasteiger partial charge in [0.05, 0.1) is 10.7 Å². The van der Waals surface area contributed by atoms with Crippen LogP contribution in [0.5, 0.6) is 0 Å². The van der Waals surface area contributed by atoms with Crippen molar-refractivity contribution in [2.24, 2.45) is 0 Å². The van der Waals surface area contributed by atoms with E-state index < -0.39 is 5.60 Å². The third kappa shape index (κ3) is 3.51. The van der Waals surface area contributed by atoms with Crippen molar-refractivity contribution < 1.29 is 14.3 Å². The molecule has 0 N–H and O–H groups in total. The van der Waals surface area contributed by atoms with Crippen LogP contribution in [0.3, 0.4) is 0 Å². The Kier molecular flexibility index (Phi) is 3.80. The predicted molar refractivity (Wildman–Crippen MR) is 59.5 cm³/mol. The first-order valence-corrected chi connectivity index (χ1v) is 6.31. The van der Waals surface area contributed by atoms with Crippen molar-refractivity contribution >= 4 is 27.0 Å². The zero-order valence-electron chi connectivity index (χ0n) is 9.87. The Morgan fingerprint density at radius 3 is 2.47 bits per heavy atom. The lowest BCUT2D eigenvalue weighted by molar-refractivity contribution is -0.115. The van der Waals surface area contributed by atoms with Crippen LogP contribution in [0, 0.1) is 0 Å². The van der Waals surface area contributed by atoms with Gasteiger partial charge in [-0.05, 0) is 33.6 Å². The number of carbonyl (C=O) groups excluding carboxylic acids is 2. The first kappa shape index (κ1) is 12.5. The Hall–Kier alpha value is -0.528. The van der Waals surface area contributed by atoms with Crippen molar-refractivity contribution in [1.82, 2.24) is 4.90 Å². The van der Waals surface area contributed by atoms with Gasteiger partial charge in [-0.15, -0.1) is 0 Å². The molecule has 1 heterocycles. The molecule has 1 atom stereocenters. The summed E-state index contributed by atoms with van der Waals surface area (Å²) >= 11 is 0.499. The minimum Gasteiger partial charge on any atom is -0.444 e. The molecule has 1 fully saturated rings. The molecule has 4 nitrogen and oxygen atoms in total. The molecule has 0 bridgehead atoms. The molecule has 0 unspecified atom stereocenters. The van der Waals surface area contributed by atoms with Crippen LogP contribution in [0.1, 0.15) is 33.6 Å². The van der Waals surface area contributed by atoms with Gasteiger partial charge in [0, 0.05) is 6.54 Å². The van der Waals surface area contributed by atoms with Gasteiger partial charge in [0.15, 0.2) is 0 Å². The Morgan fingerprint density at radius 1 is 1.40 bits per heavy atom. The molecule has 0 aromatic rings. The predicted octanol–water partition coefficient (Wildman–Crippen LogP) is 0.546. The highest BCUT2D eigenvalue weighted by atomic mass is 27.0. The number of ether oxygens (including phenoxy) is 1. The molecule has 0 saturated carbocycles. The highest BCUT2D eigenvalue weighted by Crippen LogP contribution is 2.20. The summed E-state index contributed by atoms with van der Waals surface area (Å²) in [6.45, 7) is 6.14. The maximum Gasteiger partial charge on any atom is 0.410 e. The molecule has 1 amide bonds. The van der Waals surface area contributed by atoms with Crippen molar-refractivity contribution in [2.45, 2.75) is 45.3 Å². The second kappa shape index (κ2) is 4.55. The maximum atomic E-state index is 11.7. The summed E-state index contributed by atoms with van der Waals surface area (Å²) < 4.78 is 5.43. The lowest BCUT2D eigenvalue weighted by Gasteiger charge is -2.27. The van der Waals surface area contributed by atoms with Crippen LogP contribution >= 0.6 is 0 Å². The molecule has 1 saturated heterocycles. The van der Waals surface area contributed by atoms with E-state index in [-0.39, 0.29) is 16.8 Å². The van der Waals surface area contributed by atoms with Gasteiger partial charge in [-0.2, -0.15) is 0 Å². The van der Waals surface area contributed by atoms with Crippen molar-refractivity contribution in [2.75, 3.05) is 6.54 Å². The topological polar surface area (TPSA) is 46.6 Å². The molecular formula is C10H18AlNO3. The zero-order valence-corrected chi connectivity index (χ0v) is 11.9. The molecule has 0 aromatic heterocycles. The van der Waals surface area contributed by atoms with Crippen LogP contribution in [0.15, 0.2) is 0 Å². The normalized spacial score (nSPS) is 21.5. The molecule has 1 rings (SSSR count). The molecule has 84 valence electrons. The number of carbonyl (C=O) groups is 2. The number of rotatable bonds is 1.